The molecular weight excluding hydrogens is 356 g/mol. The molecule has 1 fully saturated rings. The highest BCUT2D eigenvalue weighted by atomic mass is 32.1. The van der Waals surface area contributed by atoms with Crippen molar-refractivity contribution >= 4 is 11.3 Å². The summed E-state index contributed by atoms with van der Waals surface area (Å²) in [6, 6.07) is 8.11. The number of hydrogen-bond donors (Lipinski definition) is 0. The maximum absolute atomic E-state index is 13.4. The summed E-state index contributed by atoms with van der Waals surface area (Å²) in [7, 11) is 0. The number of rotatable bonds is 4. The van der Waals surface area contributed by atoms with Crippen molar-refractivity contribution in [1.82, 2.24) is 15.1 Å². The van der Waals surface area contributed by atoms with E-state index in [9.17, 15) is 8.78 Å². The first-order valence-corrected chi connectivity index (χ1v) is 9.46. The molecule has 3 heterocycles. The molecule has 26 heavy (non-hydrogen) atoms. The molecule has 1 aromatic carbocycles. The van der Waals surface area contributed by atoms with Crippen molar-refractivity contribution in [1.29, 1.82) is 0 Å². The second-order valence-corrected chi connectivity index (χ2v) is 7.97. The molecule has 2 aromatic heterocycles. The maximum Gasteiger partial charge on any atom is 0.257 e. The van der Waals surface area contributed by atoms with Crippen LogP contribution in [0, 0.1) is 18.6 Å². The Bertz CT molecular complexity index is 908. The van der Waals surface area contributed by atoms with Gasteiger partial charge < -0.3 is 4.42 Å². The van der Waals surface area contributed by atoms with E-state index in [0.717, 1.165) is 36.4 Å². The van der Waals surface area contributed by atoms with Crippen molar-refractivity contribution < 1.29 is 13.2 Å². The molecule has 4 nitrogen and oxygen atoms in total. The Balaban J connectivity index is 1.45. The minimum Gasteiger partial charge on any atom is -0.420 e. The molecule has 3 aromatic rings. The van der Waals surface area contributed by atoms with Crippen molar-refractivity contribution in [2.24, 2.45) is 0 Å². The molecule has 0 spiro atoms. The number of nitrogens with zero attached hydrogens (tertiary/aromatic N) is 3. The van der Waals surface area contributed by atoms with Gasteiger partial charge in [0.15, 0.2) is 11.6 Å². The lowest BCUT2D eigenvalue weighted by Gasteiger charge is -2.31. The monoisotopic (exact) mass is 375 g/mol. The van der Waals surface area contributed by atoms with Gasteiger partial charge in [0.1, 0.15) is 0 Å². The average molecular weight is 375 g/mol. The van der Waals surface area contributed by atoms with E-state index in [-0.39, 0.29) is 5.92 Å². The lowest BCUT2D eigenvalue weighted by molar-refractivity contribution is 0.186. The fourth-order valence-corrected chi connectivity index (χ4v) is 4.13. The summed E-state index contributed by atoms with van der Waals surface area (Å²) < 4.78 is 32.4. The van der Waals surface area contributed by atoms with Gasteiger partial charge in [0.05, 0.1) is 10.8 Å². The van der Waals surface area contributed by atoms with Crippen LogP contribution in [0.2, 0.25) is 0 Å². The van der Waals surface area contributed by atoms with E-state index in [1.165, 1.54) is 17.0 Å². The summed E-state index contributed by atoms with van der Waals surface area (Å²) >= 11 is 1.63. The van der Waals surface area contributed by atoms with Crippen LogP contribution in [-0.4, -0.2) is 28.2 Å². The van der Waals surface area contributed by atoms with Crippen LogP contribution in [0.25, 0.3) is 10.8 Å². The minimum atomic E-state index is -0.813. The average Bonchev–Trinajstić information content (AvgIpc) is 3.27. The molecule has 1 aliphatic rings. The standard InChI is InChI=1S/C19H19F2N3OS/c1-12-4-7-17(26-12)19-23-22-18(25-19)14-3-2-8-24(11-14)10-13-5-6-15(20)16(21)9-13/h4-7,9,14H,2-3,8,10-11H2,1H3/t14-/m0/s1. The number of thiophene rings is 1. The maximum atomic E-state index is 13.4. The third-order valence-electron chi connectivity index (χ3n) is 4.64. The van der Waals surface area contributed by atoms with Crippen molar-refractivity contribution in [2.45, 2.75) is 32.2 Å². The van der Waals surface area contributed by atoms with Gasteiger partial charge in [0.2, 0.25) is 5.89 Å². The van der Waals surface area contributed by atoms with Crippen molar-refractivity contribution in [3.05, 3.63) is 58.3 Å². The highest BCUT2D eigenvalue weighted by molar-refractivity contribution is 7.15. The van der Waals surface area contributed by atoms with E-state index in [1.807, 2.05) is 19.1 Å². The number of halogens is 2. The topological polar surface area (TPSA) is 42.2 Å². The Morgan fingerprint density at radius 2 is 2.08 bits per heavy atom. The fraction of sp³-hybridized carbons (Fsp3) is 0.368. The molecule has 4 rings (SSSR count). The van der Waals surface area contributed by atoms with Crippen LogP contribution >= 0.6 is 11.3 Å². The summed E-state index contributed by atoms with van der Waals surface area (Å²) in [5.41, 5.74) is 0.768. The zero-order chi connectivity index (χ0) is 18.1. The normalized spacial score (nSPS) is 18.3. The van der Waals surface area contributed by atoms with Gasteiger partial charge in [0, 0.05) is 18.0 Å². The van der Waals surface area contributed by atoms with Gasteiger partial charge in [0.25, 0.3) is 5.89 Å². The van der Waals surface area contributed by atoms with Gasteiger partial charge in [-0.15, -0.1) is 21.5 Å². The second-order valence-electron chi connectivity index (χ2n) is 6.68. The molecule has 1 saturated heterocycles. The zero-order valence-electron chi connectivity index (χ0n) is 14.4. The second kappa shape index (κ2) is 7.25. The van der Waals surface area contributed by atoms with E-state index in [4.69, 9.17) is 4.42 Å². The first kappa shape index (κ1) is 17.3. The van der Waals surface area contributed by atoms with Crippen LogP contribution < -0.4 is 0 Å². The highest BCUT2D eigenvalue weighted by Gasteiger charge is 2.26. The molecule has 0 aliphatic carbocycles. The number of benzene rings is 1. The largest absolute Gasteiger partial charge is 0.420 e. The Morgan fingerprint density at radius 1 is 1.19 bits per heavy atom. The lowest BCUT2D eigenvalue weighted by atomic mass is 9.97. The van der Waals surface area contributed by atoms with Crippen molar-refractivity contribution in [3.8, 4) is 10.8 Å². The number of aromatic nitrogens is 2. The molecule has 1 aliphatic heterocycles. The van der Waals surface area contributed by atoms with Crippen molar-refractivity contribution in [2.75, 3.05) is 13.1 Å². The SMILES string of the molecule is Cc1ccc(-c2nnc([C@H]3CCCN(Cc4ccc(F)c(F)c4)C3)o2)s1. The first-order chi connectivity index (χ1) is 12.6. The summed E-state index contributed by atoms with van der Waals surface area (Å²) in [5, 5.41) is 8.44. The van der Waals surface area contributed by atoms with Gasteiger partial charge in [-0.2, -0.15) is 0 Å². The van der Waals surface area contributed by atoms with Crippen LogP contribution in [-0.2, 0) is 6.54 Å². The number of likely N-dealkylation sites (tertiary alicyclic amines) is 1. The van der Waals surface area contributed by atoms with E-state index >= 15 is 0 Å². The van der Waals surface area contributed by atoms with E-state index in [1.54, 1.807) is 17.4 Å². The zero-order valence-corrected chi connectivity index (χ0v) is 15.2. The molecule has 1 atom stereocenters. The fourth-order valence-electron chi connectivity index (χ4n) is 3.35. The van der Waals surface area contributed by atoms with Crippen LogP contribution in [0.15, 0.2) is 34.7 Å². The Hall–Kier alpha value is -2.12. The molecule has 7 heteroatoms. The molecule has 0 bridgehead atoms. The van der Waals surface area contributed by atoms with Crippen LogP contribution in [0.1, 0.15) is 35.1 Å². The summed E-state index contributed by atoms with van der Waals surface area (Å²) in [4.78, 5) is 4.41. The summed E-state index contributed by atoms with van der Waals surface area (Å²) in [6.45, 7) is 4.31. The van der Waals surface area contributed by atoms with E-state index in [2.05, 4.69) is 15.1 Å². The van der Waals surface area contributed by atoms with Crippen LogP contribution in [0.5, 0.6) is 0 Å². The van der Waals surface area contributed by atoms with Crippen molar-refractivity contribution in [3.63, 3.8) is 0 Å². The molecule has 0 amide bonds. The molecule has 0 radical (unpaired) electrons. The molecular formula is C19H19F2N3OS. The summed E-state index contributed by atoms with van der Waals surface area (Å²) in [5.74, 6) is -0.232. The van der Waals surface area contributed by atoms with Gasteiger partial charge in [-0.25, -0.2) is 8.78 Å². The number of piperidine rings is 1. The molecule has 0 saturated carbocycles. The molecule has 136 valence electrons. The first-order valence-electron chi connectivity index (χ1n) is 8.65. The third-order valence-corrected chi connectivity index (χ3v) is 5.63. The number of aryl methyl sites for hydroxylation is 1. The molecule has 0 unspecified atom stereocenters. The van der Waals surface area contributed by atoms with E-state index < -0.39 is 11.6 Å². The Labute approximate surface area is 154 Å². The van der Waals surface area contributed by atoms with Crippen LogP contribution in [0.4, 0.5) is 8.78 Å². The highest BCUT2D eigenvalue weighted by Crippen LogP contribution is 2.31. The Kier molecular flexibility index (Phi) is 4.82. The smallest absolute Gasteiger partial charge is 0.257 e. The Morgan fingerprint density at radius 3 is 2.85 bits per heavy atom. The van der Waals surface area contributed by atoms with Gasteiger partial charge in [-0.05, 0) is 56.1 Å². The van der Waals surface area contributed by atoms with Gasteiger partial charge in [-0.3, -0.25) is 4.90 Å². The summed E-state index contributed by atoms with van der Waals surface area (Å²) in [6.07, 6.45) is 1.99. The van der Waals surface area contributed by atoms with E-state index in [0.29, 0.717) is 18.3 Å². The predicted molar refractivity (Wildman–Crippen MR) is 96.0 cm³/mol. The third kappa shape index (κ3) is 3.68. The minimum absolute atomic E-state index is 0.163. The van der Waals surface area contributed by atoms with Gasteiger partial charge >= 0.3 is 0 Å². The van der Waals surface area contributed by atoms with Crippen LogP contribution in [0.3, 0.4) is 0 Å². The van der Waals surface area contributed by atoms with Gasteiger partial charge in [-0.1, -0.05) is 6.07 Å². The predicted octanol–water partition coefficient (Wildman–Crippen LogP) is 4.76. The lowest BCUT2D eigenvalue weighted by Crippen LogP contribution is -2.34. The quantitative estimate of drug-likeness (QED) is 0.659. The number of hydrogen-bond acceptors (Lipinski definition) is 5. The molecule has 0 N–H and O–H groups in total.